The lowest BCUT2D eigenvalue weighted by Gasteiger charge is -2.17. The van der Waals surface area contributed by atoms with Gasteiger partial charge in [-0.05, 0) is 50.1 Å². The van der Waals surface area contributed by atoms with Crippen molar-refractivity contribution in [2.75, 3.05) is 5.73 Å². The zero-order valence-corrected chi connectivity index (χ0v) is 13.2. The molecule has 2 aromatic carbocycles. The second-order valence-corrected chi connectivity index (χ2v) is 6.99. The third kappa shape index (κ3) is 3.62. The summed E-state index contributed by atoms with van der Waals surface area (Å²) in [6.45, 7) is 5.83. The van der Waals surface area contributed by atoms with Gasteiger partial charge in [0.2, 0.25) is 10.0 Å². The molecule has 0 fully saturated rings. The molecule has 0 aliphatic carbocycles. The van der Waals surface area contributed by atoms with Crippen LogP contribution in [0.3, 0.4) is 0 Å². The predicted molar refractivity (Wildman–Crippen MR) is 85.5 cm³/mol. The van der Waals surface area contributed by atoms with Crippen molar-refractivity contribution >= 4 is 15.7 Å². The molecule has 21 heavy (non-hydrogen) atoms. The molecular formula is C16H20N2O2S. The maximum atomic E-state index is 12.4. The number of hydrogen-bond donors (Lipinski definition) is 2. The van der Waals surface area contributed by atoms with E-state index in [9.17, 15) is 8.42 Å². The summed E-state index contributed by atoms with van der Waals surface area (Å²) >= 11 is 0. The highest BCUT2D eigenvalue weighted by molar-refractivity contribution is 7.89. The lowest BCUT2D eigenvalue weighted by molar-refractivity contribution is 0.566. The fourth-order valence-electron chi connectivity index (χ4n) is 2.36. The van der Waals surface area contributed by atoms with Gasteiger partial charge in [0, 0.05) is 11.7 Å². The van der Waals surface area contributed by atoms with Crippen molar-refractivity contribution in [1.82, 2.24) is 4.72 Å². The highest BCUT2D eigenvalue weighted by Gasteiger charge is 2.19. The average molecular weight is 304 g/mol. The fraction of sp³-hybridized carbons (Fsp3) is 0.250. The normalized spacial score (nSPS) is 13.1. The SMILES string of the molecule is Cc1ccc(C(C)NS(=O)(=O)c2cccc(N)c2)c(C)c1. The van der Waals surface area contributed by atoms with Crippen LogP contribution in [-0.4, -0.2) is 8.42 Å². The van der Waals surface area contributed by atoms with Crippen LogP contribution in [0.1, 0.15) is 29.7 Å². The number of sulfonamides is 1. The number of benzene rings is 2. The Labute approximate surface area is 126 Å². The molecule has 0 bridgehead atoms. The number of nitrogen functional groups attached to an aromatic ring is 1. The molecule has 0 aromatic heterocycles. The van der Waals surface area contributed by atoms with Crippen molar-refractivity contribution in [2.45, 2.75) is 31.7 Å². The van der Waals surface area contributed by atoms with Crippen molar-refractivity contribution in [3.8, 4) is 0 Å². The summed E-state index contributed by atoms with van der Waals surface area (Å²) in [5, 5.41) is 0. The van der Waals surface area contributed by atoms with Crippen molar-refractivity contribution in [1.29, 1.82) is 0 Å². The first-order chi connectivity index (χ1) is 9.79. The second kappa shape index (κ2) is 5.87. The van der Waals surface area contributed by atoms with Crippen LogP contribution in [0.4, 0.5) is 5.69 Å². The Kier molecular flexibility index (Phi) is 4.34. The van der Waals surface area contributed by atoms with Crippen LogP contribution in [-0.2, 0) is 10.0 Å². The van der Waals surface area contributed by atoms with E-state index < -0.39 is 10.0 Å². The highest BCUT2D eigenvalue weighted by atomic mass is 32.2. The third-order valence-electron chi connectivity index (χ3n) is 3.39. The Hall–Kier alpha value is -1.85. The smallest absolute Gasteiger partial charge is 0.241 e. The van der Waals surface area contributed by atoms with Crippen molar-refractivity contribution in [3.05, 3.63) is 59.2 Å². The minimum Gasteiger partial charge on any atom is -0.399 e. The van der Waals surface area contributed by atoms with Crippen LogP contribution in [0.15, 0.2) is 47.4 Å². The molecule has 0 radical (unpaired) electrons. The molecule has 1 atom stereocenters. The average Bonchev–Trinajstić information content (AvgIpc) is 2.37. The standard InChI is InChI=1S/C16H20N2O2S/c1-11-7-8-16(12(2)9-11)13(3)18-21(19,20)15-6-4-5-14(17)10-15/h4-10,13,18H,17H2,1-3H3. The van der Waals surface area contributed by atoms with Crippen molar-refractivity contribution in [3.63, 3.8) is 0 Å². The molecule has 2 rings (SSSR count). The van der Waals surface area contributed by atoms with E-state index in [2.05, 4.69) is 4.72 Å². The van der Waals surface area contributed by atoms with Crippen LogP contribution in [0, 0.1) is 13.8 Å². The van der Waals surface area contributed by atoms with E-state index in [1.807, 2.05) is 39.0 Å². The lowest BCUT2D eigenvalue weighted by atomic mass is 10.0. The third-order valence-corrected chi connectivity index (χ3v) is 4.93. The molecule has 0 saturated carbocycles. The highest BCUT2D eigenvalue weighted by Crippen LogP contribution is 2.21. The molecule has 112 valence electrons. The first-order valence-corrected chi connectivity index (χ1v) is 8.23. The van der Waals surface area contributed by atoms with Crippen LogP contribution < -0.4 is 10.5 Å². The van der Waals surface area contributed by atoms with Crippen molar-refractivity contribution in [2.24, 2.45) is 0 Å². The monoisotopic (exact) mass is 304 g/mol. The van der Waals surface area contributed by atoms with Crippen LogP contribution in [0.25, 0.3) is 0 Å². The summed E-state index contributed by atoms with van der Waals surface area (Å²) < 4.78 is 27.5. The summed E-state index contributed by atoms with van der Waals surface area (Å²) in [5.74, 6) is 0. The van der Waals surface area contributed by atoms with Gasteiger partial charge in [-0.3, -0.25) is 0 Å². The van der Waals surface area contributed by atoms with Gasteiger partial charge in [-0.2, -0.15) is 0 Å². The molecular weight excluding hydrogens is 284 g/mol. The fourth-order valence-corrected chi connectivity index (χ4v) is 3.63. The summed E-state index contributed by atoms with van der Waals surface area (Å²) in [7, 11) is -3.59. The van der Waals surface area contributed by atoms with Gasteiger partial charge in [-0.15, -0.1) is 0 Å². The van der Waals surface area contributed by atoms with E-state index in [1.165, 1.54) is 12.1 Å². The van der Waals surface area contributed by atoms with Gasteiger partial charge >= 0.3 is 0 Å². The molecule has 0 aliphatic rings. The topological polar surface area (TPSA) is 72.2 Å². The Morgan fingerprint density at radius 3 is 2.43 bits per heavy atom. The van der Waals surface area contributed by atoms with Gasteiger partial charge in [0.25, 0.3) is 0 Å². The Bertz CT molecular complexity index is 755. The Morgan fingerprint density at radius 1 is 1.10 bits per heavy atom. The van der Waals surface area contributed by atoms with Gasteiger partial charge in [0.15, 0.2) is 0 Å². The minimum absolute atomic E-state index is 0.180. The van der Waals surface area contributed by atoms with Crippen LogP contribution in [0.5, 0.6) is 0 Å². The van der Waals surface area contributed by atoms with E-state index in [-0.39, 0.29) is 10.9 Å². The van der Waals surface area contributed by atoms with Crippen LogP contribution >= 0.6 is 0 Å². The number of aryl methyl sites for hydroxylation is 2. The van der Waals surface area contributed by atoms with Gasteiger partial charge < -0.3 is 5.73 Å². The molecule has 5 heteroatoms. The van der Waals surface area contributed by atoms with E-state index in [4.69, 9.17) is 5.73 Å². The summed E-state index contributed by atoms with van der Waals surface area (Å²) in [4.78, 5) is 0.180. The van der Waals surface area contributed by atoms with Crippen molar-refractivity contribution < 1.29 is 8.42 Å². The molecule has 4 nitrogen and oxygen atoms in total. The predicted octanol–water partition coefficient (Wildman–Crippen LogP) is 2.93. The van der Waals surface area contributed by atoms with E-state index >= 15 is 0 Å². The zero-order valence-electron chi connectivity index (χ0n) is 12.4. The summed E-state index contributed by atoms with van der Waals surface area (Å²) in [6, 6.07) is 11.9. The first-order valence-electron chi connectivity index (χ1n) is 6.74. The Morgan fingerprint density at radius 2 is 1.81 bits per heavy atom. The van der Waals surface area contributed by atoms with Gasteiger partial charge in [0.05, 0.1) is 4.90 Å². The summed E-state index contributed by atoms with van der Waals surface area (Å²) in [6.07, 6.45) is 0. The molecule has 0 aliphatic heterocycles. The number of rotatable bonds is 4. The zero-order chi connectivity index (χ0) is 15.6. The van der Waals surface area contributed by atoms with Crippen LogP contribution in [0.2, 0.25) is 0 Å². The quantitative estimate of drug-likeness (QED) is 0.853. The number of hydrogen-bond acceptors (Lipinski definition) is 3. The number of nitrogens with two attached hydrogens (primary N) is 1. The van der Waals surface area contributed by atoms with E-state index in [1.54, 1.807) is 12.1 Å². The maximum absolute atomic E-state index is 12.4. The largest absolute Gasteiger partial charge is 0.399 e. The number of nitrogens with one attached hydrogen (secondary N) is 1. The molecule has 1 unspecified atom stereocenters. The van der Waals surface area contributed by atoms with Gasteiger partial charge in [0.1, 0.15) is 0 Å². The first kappa shape index (κ1) is 15.5. The van der Waals surface area contributed by atoms with E-state index in [0.717, 1.165) is 16.7 Å². The van der Waals surface area contributed by atoms with Gasteiger partial charge in [-0.25, -0.2) is 13.1 Å². The molecule has 0 amide bonds. The molecule has 2 aromatic rings. The number of anilines is 1. The second-order valence-electron chi connectivity index (χ2n) is 5.28. The minimum atomic E-state index is -3.59. The molecule has 3 N–H and O–H groups in total. The molecule has 0 saturated heterocycles. The lowest BCUT2D eigenvalue weighted by Crippen LogP contribution is -2.27. The van der Waals surface area contributed by atoms with Gasteiger partial charge in [-0.1, -0.05) is 29.8 Å². The summed E-state index contributed by atoms with van der Waals surface area (Å²) in [5.41, 5.74) is 9.26. The van der Waals surface area contributed by atoms with E-state index in [0.29, 0.717) is 5.69 Å². The molecule has 0 spiro atoms. The maximum Gasteiger partial charge on any atom is 0.241 e. The molecule has 0 heterocycles. The Balaban J connectivity index is 2.28.